The van der Waals surface area contributed by atoms with Crippen LogP contribution in [0.25, 0.3) is 0 Å². The summed E-state index contributed by atoms with van der Waals surface area (Å²) >= 11 is 0. The molecule has 2 rings (SSSR count). The molecule has 0 fully saturated rings. The fourth-order valence-electron chi connectivity index (χ4n) is 2.12. The van der Waals surface area contributed by atoms with E-state index in [1.165, 1.54) is 0 Å². The van der Waals surface area contributed by atoms with Crippen molar-refractivity contribution in [3.05, 3.63) is 65.0 Å². The van der Waals surface area contributed by atoms with Gasteiger partial charge in [-0.1, -0.05) is 30.3 Å². The monoisotopic (exact) mass is 319 g/mol. The number of benzene rings is 2. The number of halogens is 1. The van der Waals surface area contributed by atoms with E-state index in [1.54, 1.807) is 0 Å². The lowest BCUT2D eigenvalue weighted by Crippen LogP contribution is -2.28. The van der Waals surface area contributed by atoms with Gasteiger partial charge in [0.25, 0.3) is 5.91 Å². The smallest absolute Gasteiger partial charge is 0.258 e. The Morgan fingerprint density at radius 3 is 2.26 bits per heavy atom. The van der Waals surface area contributed by atoms with Crippen molar-refractivity contribution >= 4 is 5.91 Å². The maximum atomic E-state index is 13.3. The number of nitrogens with one attached hydrogen (secondary N) is 1. The molecule has 0 aliphatic carbocycles. The predicted molar refractivity (Wildman–Crippen MR) is 82.0 cm³/mol. The van der Waals surface area contributed by atoms with E-state index >= 15 is 0 Å². The van der Waals surface area contributed by atoms with Crippen LogP contribution in [0.2, 0.25) is 0 Å². The second-order valence-corrected chi connectivity index (χ2v) is 4.92. The first kappa shape index (κ1) is 16.9. The first-order valence-corrected chi connectivity index (χ1v) is 7.10. The highest BCUT2D eigenvalue weighted by atomic mass is 19.1. The average Bonchev–Trinajstić information content (AvgIpc) is 2.58. The summed E-state index contributed by atoms with van der Waals surface area (Å²) in [4.78, 5) is 11.8. The lowest BCUT2D eigenvalue weighted by molar-refractivity contribution is -0.123. The Morgan fingerprint density at radius 2 is 1.70 bits per heavy atom. The van der Waals surface area contributed by atoms with E-state index in [9.17, 15) is 19.4 Å². The maximum absolute atomic E-state index is 13.3. The van der Waals surface area contributed by atoms with Gasteiger partial charge in [0, 0.05) is 17.7 Å². The fourth-order valence-corrected chi connectivity index (χ4v) is 2.12. The minimum absolute atomic E-state index is 0.131. The molecule has 0 heterocycles. The van der Waals surface area contributed by atoms with Crippen LogP contribution in [0.1, 0.15) is 16.7 Å². The van der Waals surface area contributed by atoms with Gasteiger partial charge in [-0.2, -0.15) is 0 Å². The van der Waals surface area contributed by atoms with Gasteiger partial charge >= 0.3 is 0 Å². The van der Waals surface area contributed by atoms with E-state index in [0.29, 0.717) is 6.54 Å². The Bertz CT molecular complexity index is 636. The zero-order valence-electron chi connectivity index (χ0n) is 12.5. The highest BCUT2D eigenvalue weighted by molar-refractivity contribution is 5.77. The zero-order chi connectivity index (χ0) is 16.7. The third-order valence-electron chi connectivity index (χ3n) is 3.23. The topological polar surface area (TPSA) is 78.8 Å². The van der Waals surface area contributed by atoms with Crippen LogP contribution in [0.15, 0.2) is 42.5 Å². The zero-order valence-corrected chi connectivity index (χ0v) is 12.5. The molecule has 0 saturated heterocycles. The van der Waals surface area contributed by atoms with Crippen molar-refractivity contribution in [2.75, 3.05) is 6.61 Å². The maximum Gasteiger partial charge on any atom is 0.258 e. The summed E-state index contributed by atoms with van der Waals surface area (Å²) in [7, 11) is 0. The Morgan fingerprint density at radius 1 is 1.09 bits per heavy atom. The second kappa shape index (κ2) is 8.26. The molecule has 0 spiro atoms. The van der Waals surface area contributed by atoms with Gasteiger partial charge in [-0.3, -0.25) is 4.79 Å². The SMILES string of the molecule is O=C(COc1c(CO)cc(F)cc1CO)NCc1ccccc1. The molecule has 5 nitrogen and oxygen atoms in total. The lowest BCUT2D eigenvalue weighted by atomic mass is 10.1. The number of aliphatic hydroxyl groups is 2. The molecule has 0 saturated carbocycles. The molecule has 0 aliphatic rings. The van der Waals surface area contributed by atoms with Crippen molar-refractivity contribution in [3.63, 3.8) is 0 Å². The van der Waals surface area contributed by atoms with E-state index in [0.717, 1.165) is 17.7 Å². The largest absolute Gasteiger partial charge is 0.483 e. The summed E-state index contributed by atoms with van der Waals surface area (Å²) in [5, 5.41) is 21.2. The number of hydrogen-bond donors (Lipinski definition) is 3. The Labute approximate surface area is 133 Å². The molecule has 0 aromatic heterocycles. The minimum Gasteiger partial charge on any atom is -0.483 e. The number of ether oxygens (including phenoxy) is 1. The van der Waals surface area contributed by atoms with E-state index in [1.807, 2.05) is 30.3 Å². The van der Waals surface area contributed by atoms with E-state index < -0.39 is 19.0 Å². The van der Waals surface area contributed by atoms with Crippen LogP contribution in [0.4, 0.5) is 4.39 Å². The molecule has 1 amide bonds. The lowest BCUT2D eigenvalue weighted by Gasteiger charge is -2.14. The summed E-state index contributed by atoms with van der Waals surface area (Å²) in [5.41, 5.74) is 1.32. The first-order valence-electron chi connectivity index (χ1n) is 7.10. The standard InChI is InChI=1S/C17H18FNO4/c18-15-6-13(9-20)17(14(7-15)10-21)23-11-16(22)19-8-12-4-2-1-3-5-12/h1-7,20-21H,8-11H2,(H,19,22). The molecular formula is C17H18FNO4. The molecule has 0 aliphatic heterocycles. The number of rotatable bonds is 7. The van der Waals surface area contributed by atoms with Crippen LogP contribution < -0.4 is 10.1 Å². The van der Waals surface area contributed by atoms with Gasteiger partial charge in [0.1, 0.15) is 11.6 Å². The number of carbonyl (C=O) groups excluding carboxylic acids is 1. The first-order chi connectivity index (χ1) is 11.1. The van der Waals surface area contributed by atoms with Gasteiger partial charge < -0.3 is 20.3 Å². The van der Waals surface area contributed by atoms with Crippen LogP contribution in [-0.4, -0.2) is 22.7 Å². The second-order valence-electron chi connectivity index (χ2n) is 4.92. The summed E-state index contributed by atoms with van der Waals surface area (Å²) < 4.78 is 18.7. The highest BCUT2D eigenvalue weighted by Crippen LogP contribution is 2.26. The normalized spacial score (nSPS) is 10.4. The van der Waals surface area contributed by atoms with E-state index in [-0.39, 0.29) is 29.4 Å². The van der Waals surface area contributed by atoms with Gasteiger partial charge in [0.15, 0.2) is 6.61 Å². The number of hydrogen-bond acceptors (Lipinski definition) is 4. The molecule has 23 heavy (non-hydrogen) atoms. The fraction of sp³-hybridized carbons (Fsp3) is 0.235. The van der Waals surface area contributed by atoms with Gasteiger partial charge in [0.05, 0.1) is 13.2 Å². The van der Waals surface area contributed by atoms with Gasteiger partial charge in [-0.25, -0.2) is 4.39 Å². The number of aliphatic hydroxyl groups excluding tert-OH is 2. The number of carbonyl (C=O) groups is 1. The third kappa shape index (κ3) is 4.77. The summed E-state index contributed by atoms with van der Waals surface area (Å²) in [5.74, 6) is -0.809. The summed E-state index contributed by atoms with van der Waals surface area (Å²) in [6, 6.07) is 11.6. The highest BCUT2D eigenvalue weighted by Gasteiger charge is 2.13. The summed E-state index contributed by atoms with van der Waals surface area (Å²) in [6.07, 6.45) is 0. The molecule has 6 heteroatoms. The summed E-state index contributed by atoms with van der Waals surface area (Å²) in [6.45, 7) is -0.831. The van der Waals surface area contributed by atoms with Crippen molar-refractivity contribution in [2.24, 2.45) is 0 Å². The molecule has 0 atom stereocenters. The quantitative estimate of drug-likeness (QED) is 0.723. The Balaban J connectivity index is 1.96. The molecule has 2 aromatic carbocycles. The molecule has 0 bridgehead atoms. The van der Waals surface area contributed by atoms with E-state index in [2.05, 4.69) is 5.32 Å². The van der Waals surface area contributed by atoms with Gasteiger partial charge in [-0.15, -0.1) is 0 Å². The van der Waals surface area contributed by atoms with Crippen LogP contribution in [0.5, 0.6) is 5.75 Å². The van der Waals surface area contributed by atoms with Crippen LogP contribution in [-0.2, 0) is 24.6 Å². The minimum atomic E-state index is -0.584. The van der Waals surface area contributed by atoms with E-state index in [4.69, 9.17) is 4.74 Å². The predicted octanol–water partition coefficient (Wildman–Crippen LogP) is 1.51. The number of amides is 1. The van der Waals surface area contributed by atoms with Crippen molar-refractivity contribution in [2.45, 2.75) is 19.8 Å². The third-order valence-corrected chi connectivity index (χ3v) is 3.23. The van der Waals surface area contributed by atoms with Gasteiger partial charge in [-0.05, 0) is 17.7 Å². The average molecular weight is 319 g/mol. The van der Waals surface area contributed by atoms with Crippen LogP contribution in [0.3, 0.4) is 0 Å². The van der Waals surface area contributed by atoms with Crippen molar-refractivity contribution < 1.29 is 24.1 Å². The molecule has 3 N–H and O–H groups in total. The van der Waals surface area contributed by atoms with Crippen LogP contribution in [0, 0.1) is 5.82 Å². The molecular weight excluding hydrogens is 301 g/mol. The van der Waals surface area contributed by atoms with Crippen molar-refractivity contribution in [3.8, 4) is 5.75 Å². The molecule has 0 radical (unpaired) electrons. The van der Waals surface area contributed by atoms with Crippen molar-refractivity contribution in [1.29, 1.82) is 0 Å². The molecule has 122 valence electrons. The molecule has 2 aromatic rings. The Hall–Kier alpha value is -2.44. The van der Waals surface area contributed by atoms with Gasteiger partial charge in [0.2, 0.25) is 0 Å². The molecule has 0 unspecified atom stereocenters. The van der Waals surface area contributed by atoms with Crippen LogP contribution >= 0.6 is 0 Å². The Kier molecular flexibility index (Phi) is 6.08. The van der Waals surface area contributed by atoms with Crippen molar-refractivity contribution in [1.82, 2.24) is 5.32 Å².